The van der Waals surface area contributed by atoms with Crippen molar-refractivity contribution in [3.05, 3.63) is 24.3 Å². The number of methoxy groups -OCH3 is 1. The van der Waals surface area contributed by atoms with Gasteiger partial charge >= 0.3 is 5.97 Å². The highest BCUT2D eigenvalue weighted by Gasteiger charge is 2.30. The van der Waals surface area contributed by atoms with Gasteiger partial charge < -0.3 is 4.74 Å². The van der Waals surface area contributed by atoms with Crippen molar-refractivity contribution >= 4 is 16.0 Å². The highest BCUT2D eigenvalue weighted by molar-refractivity contribution is 7.89. The average Bonchev–Trinajstić information content (AvgIpc) is 2.48. The minimum absolute atomic E-state index is 0.0182. The molecule has 0 unspecified atom stereocenters. The zero-order chi connectivity index (χ0) is 15.5. The van der Waals surface area contributed by atoms with Gasteiger partial charge in [0.2, 0.25) is 16.0 Å². The Morgan fingerprint density at radius 1 is 1.43 bits per heavy atom. The minimum Gasteiger partial charge on any atom is -0.469 e. The maximum atomic E-state index is 12.8. The lowest BCUT2D eigenvalue weighted by atomic mass is 9.95. The second kappa shape index (κ2) is 6.48. The molecule has 1 aromatic rings. The molecular weight excluding hydrogens is 299 g/mol. The molecule has 8 heteroatoms. The van der Waals surface area contributed by atoms with Gasteiger partial charge in [-0.05, 0) is 30.9 Å². The summed E-state index contributed by atoms with van der Waals surface area (Å²) in [5.41, 5.74) is 0. The van der Waals surface area contributed by atoms with Crippen LogP contribution in [0.1, 0.15) is 19.3 Å². The number of nitrogens with zero attached hydrogens (tertiary/aromatic N) is 2. The SMILES string of the molecule is COC(=O)CC1CCN(S(=O)(=O)c2ccc(F)nc2)CC1. The molecule has 0 spiro atoms. The molecule has 0 aromatic carbocycles. The van der Waals surface area contributed by atoms with Crippen LogP contribution in [0.2, 0.25) is 0 Å². The van der Waals surface area contributed by atoms with Crippen LogP contribution in [0.15, 0.2) is 23.2 Å². The third-order valence-electron chi connectivity index (χ3n) is 3.59. The van der Waals surface area contributed by atoms with Crippen LogP contribution in [-0.4, -0.2) is 43.9 Å². The molecule has 1 saturated heterocycles. The van der Waals surface area contributed by atoms with Crippen molar-refractivity contribution in [3.63, 3.8) is 0 Å². The number of esters is 1. The summed E-state index contributed by atoms with van der Waals surface area (Å²) in [4.78, 5) is 14.6. The summed E-state index contributed by atoms with van der Waals surface area (Å²) in [6.45, 7) is 0.669. The lowest BCUT2D eigenvalue weighted by molar-refractivity contribution is -0.142. The van der Waals surface area contributed by atoms with Crippen molar-refractivity contribution < 1.29 is 22.3 Å². The van der Waals surface area contributed by atoms with Gasteiger partial charge in [-0.25, -0.2) is 13.4 Å². The monoisotopic (exact) mass is 316 g/mol. The number of aromatic nitrogens is 1. The fourth-order valence-corrected chi connectivity index (χ4v) is 3.75. The van der Waals surface area contributed by atoms with E-state index in [1.54, 1.807) is 0 Å². The Hall–Kier alpha value is -1.54. The summed E-state index contributed by atoms with van der Waals surface area (Å²) in [5, 5.41) is 0. The van der Waals surface area contributed by atoms with Crippen LogP contribution in [0.25, 0.3) is 0 Å². The van der Waals surface area contributed by atoms with Crippen LogP contribution in [-0.2, 0) is 19.6 Å². The molecule has 1 aromatic heterocycles. The van der Waals surface area contributed by atoms with Gasteiger partial charge in [0.1, 0.15) is 4.90 Å². The van der Waals surface area contributed by atoms with Crippen molar-refractivity contribution in [1.29, 1.82) is 0 Å². The second-order valence-corrected chi connectivity index (χ2v) is 6.88. The lowest BCUT2D eigenvalue weighted by Gasteiger charge is -2.30. The molecule has 1 aliphatic rings. The Labute approximate surface area is 123 Å². The van der Waals surface area contributed by atoms with E-state index in [1.807, 2.05) is 0 Å². The molecule has 0 atom stereocenters. The molecule has 2 heterocycles. The first kappa shape index (κ1) is 15.8. The third-order valence-corrected chi connectivity index (χ3v) is 5.48. The van der Waals surface area contributed by atoms with E-state index in [9.17, 15) is 17.6 Å². The highest BCUT2D eigenvalue weighted by atomic mass is 32.2. The Bertz CT molecular complexity index is 595. The van der Waals surface area contributed by atoms with Crippen LogP contribution in [0.4, 0.5) is 4.39 Å². The average molecular weight is 316 g/mol. The Morgan fingerprint density at radius 3 is 2.62 bits per heavy atom. The molecule has 0 bridgehead atoms. The number of carbonyl (C=O) groups is 1. The number of hydrogen-bond acceptors (Lipinski definition) is 5. The number of rotatable bonds is 4. The first-order valence-electron chi connectivity index (χ1n) is 6.62. The van der Waals surface area contributed by atoms with E-state index >= 15 is 0 Å². The van der Waals surface area contributed by atoms with Gasteiger partial charge in [0.25, 0.3) is 0 Å². The van der Waals surface area contributed by atoms with Crippen LogP contribution in [0, 0.1) is 11.9 Å². The first-order valence-corrected chi connectivity index (χ1v) is 8.06. The first-order chi connectivity index (χ1) is 9.93. The van der Waals surface area contributed by atoms with Crippen LogP contribution in [0.3, 0.4) is 0 Å². The Morgan fingerprint density at radius 2 is 2.10 bits per heavy atom. The predicted octanol–water partition coefficient (Wildman–Crippen LogP) is 1.18. The highest BCUT2D eigenvalue weighted by Crippen LogP contribution is 2.25. The number of piperidine rings is 1. The van der Waals surface area contributed by atoms with E-state index in [0.717, 1.165) is 12.3 Å². The second-order valence-electron chi connectivity index (χ2n) is 4.94. The molecule has 0 aliphatic carbocycles. The quantitative estimate of drug-likeness (QED) is 0.616. The molecule has 0 amide bonds. The molecule has 6 nitrogen and oxygen atoms in total. The summed E-state index contributed by atoms with van der Waals surface area (Å²) in [7, 11) is -2.31. The van der Waals surface area contributed by atoms with Crippen LogP contribution >= 0.6 is 0 Å². The molecule has 2 rings (SSSR count). The van der Waals surface area contributed by atoms with Crippen molar-refractivity contribution in [2.24, 2.45) is 5.92 Å². The largest absolute Gasteiger partial charge is 0.469 e. The molecule has 0 saturated carbocycles. The summed E-state index contributed by atoms with van der Waals surface area (Å²) < 4.78 is 43.4. The van der Waals surface area contributed by atoms with Crippen LogP contribution in [0.5, 0.6) is 0 Å². The Balaban J connectivity index is 2.01. The van der Waals surface area contributed by atoms with E-state index < -0.39 is 16.0 Å². The van der Waals surface area contributed by atoms with E-state index in [1.165, 1.54) is 17.5 Å². The van der Waals surface area contributed by atoms with Gasteiger partial charge in [-0.15, -0.1) is 0 Å². The van der Waals surface area contributed by atoms with Crippen molar-refractivity contribution in [2.45, 2.75) is 24.2 Å². The molecule has 0 N–H and O–H groups in total. The standard InChI is InChI=1S/C13H17FN2O4S/c1-20-13(17)8-10-4-6-16(7-5-10)21(18,19)11-2-3-12(14)15-9-11/h2-3,9-10H,4-8H2,1H3. The van der Waals surface area contributed by atoms with Crippen molar-refractivity contribution in [3.8, 4) is 0 Å². The summed E-state index contributed by atoms with van der Waals surface area (Å²) in [5.74, 6) is -0.861. The van der Waals surface area contributed by atoms with Gasteiger partial charge in [0, 0.05) is 19.5 Å². The van der Waals surface area contributed by atoms with Gasteiger partial charge in [0.15, 0.2) is 0 Å². The molecule has 1 fully saturated rings. The summed E-state index contributed by atoms with van der Waals surface area (Å²) >= 11 is 0. The lowest BCUT2D eigenvalue weighted by Crippen LogP contribution is -2.39. The molecule has 1 aliphatic heterocycles. The van der Waals surface area contributed by atoms with E-state index in [2.05, 4.69) is 9.72 Å². The van der Waals surface area contributed by atoms with Crippen LogP contribution < -0.4 is 0 Å². The van der Waals surface area contributed by atoms with E-state index in [4.69, 9.17) is 0 Å². The summed E-state index contributed by atoms with van der Waals surface area (Å²) in [6, 6.07) is 2.23. The molecule has 116 valence electrons. The zero-order valence-electron chi connectivity index (χ0n) is 11.7. The van der Waals surface area contributed by atoms with Gasteiger partial charge in [-0.2, -0.15) is 8.70 Å². The number of halogens is 1. The van der Waals surface area contributed by atoms with Gasteiger partial charge in [0.05, 0.1) is 13.3 Å². The topological polar surface area (TPSA) is 76.6 Å². The minimum atomic E-state index is -3.65. The number of pyridine rings is 1. The third kappa shape index (κ3) is 3.76. The number of sulfonamides is 1. The Kier molecular flexibility index (Phi) is 4.89. The molecule has 21 heavy (non-hydrogen) atoms. The number of carbonyl (C=O) groups excluding carboxylic acids is 1. The fraction of sp³-hybridized carbons (Fsp3) is 0.538. The zero-order valence-corrected chi connectivity index (χ0v) is 12.5. The number of ether oxygens (including phenoxy) is 1. The predicted molar refractivity (Wildman–Crippen MR) is 72.3 cm³/mol. The van der Waals surface area contributed by atoms with Gasteiger partial charge in [-0.1, -0.05) is 0 Å². The van der Waals surface area contributed by atoms with E-state index in [-0.39, 0.29) is 16.8 Å². The van der Waals surface area contributed by atoms with Gasteiger partial charge in [-0.3, -0.25) is 4.79 Å². The fourth-order valence-electron chi connectivity index (χ4n) is 2.34. The maximum Gasteiger partial charge on any atom is 0.305 e. The molecular formula is C13H17FN2O4S. The molecule has 0 radical (unpaired) electrons. The summed E-state index contributed by atoms with van der Waals surface area (Å²) in [6.07, 6.45) is 2.53. The van der Waals surface area contributed by atoms with E-state index in [0.29, 0.717) is 32.4 Å². The smallest absolute Gasteiger partial charge is 0.305 e. The number of hydrogen-bond donors (Lipinski definition) is 0. The van der Waals surface area contributed by atoms with Crippen molar-refractivity contribution in [2.75, 3.05) is 20.2 Å². The normalized spacial score (nSPS) is 17.6. The maximum absolute atomic E-state index is 12.8. The van der Waals surface area contributed by atoms with Crippen molar-refractivity contribution in [1.82, 2.24) is 9.29 Å².